The van der Waals surface area contributed by atoms with E-state index in [2.05, 4.69) is 20.6 Å². The molecule has 2 N–H and O–H groups in total. The number of hydrogen-bond donors (Lipinski definition) is 2. The second kappa shape index (κ2) is 6.30. The lowest BCUT2D eigenvalue weighted by atomic mass is 10.1. The average Bonchev–Trinajstić information content (AvgIpc) is 3.35. The average molecular weight is 384 g/mol. The highest BCUT2D eigenvalue weighted by Crippen LogP contribution is 2.32. The fourth-order valence-electron chi connectivity index (χ4n) is 3.96. The maximum Gasteiger partial charge on any atom is 0.330 e. The molecule has 8 nitrogen and oxygen atoms in total. The number of halogens is 1. The van der Waals surface area contributed by atoms with Crippen molar-refractivity contribution in [1.82, 2.24) is 24.4 Å². The Morgan fingerprint density at radius 1 is 1.36 bits per heavy atom. The molecule has 2 unspecified atom stereocenters. The predicted octanol–water partition coefficient (Wildman–Crippen LogP) is 1.60. The van der Waals surface area contributed by atoms with Gasteiger partial charge in [0.05, 0.1) is 18.8 Å². The third-order valence-corrected chi connectivity index (χ3v) is 5.56. The van der Waals surface area contributed by atoms with Crippen LogP contribution in [0.25, 0.3) is 11.2 Å². The second-order valence-electron chi connectivity index (χ2n) is 7.35. The van der Waals surface area contributed by atoms with Gasteiger partial charge in [0, 0.05) is 32.2 Å². The maximum atomic E-state index is 14.3. The van der Waals surface area contributed by atoms with Gasteiger partial charge in [0.2, 0.25) is 5.95 Å². The Balaban J connectivity index is 1.58. The van der Waals surface area contributed by atoms with E-state index in [-0.39, 0.29) is 12.2 Å². The van der Waals surface area contributed by atoms with Crippen molar-refractivity contribution >= 4 is 22.8 Å². The summed E-state index contributed by atoms with van der Waals surface area (Å²) >= 11 is 0. The molecule has 1 aromatic carbocycles. The number of ether oxygens (including phenoxy) is 1. The Hall–Kier alpha value is -2.94. The van der Waals surface area contributed by atoms with Crippen LogP contribution in [0.4, 0.5) is 16.0 Å². The van der Waals surface area contributed by atoms with Crippen molar-refractivity contribution in [2.45, 2.75) is 25.6 Å². The molecule has 1 saturated heterocycles. The van der Waals surface area contributed by atoms with Gasteiger partial charge in [0.1, 0.15) is 17.4 Å². The quantitative estimate of drug-likeness (QED) is 0.714. The molecule has 146 valence electrons. The van der Waals surface area contributed by atoms with Crippen molar-refractivity contribution in [3.63, 3.8) is 0 Å². The number of aromatic nitrogens is 4. The fourth-order valence-corrected chi connectivity index (χ4v) is 3.96. The van der Waals surface area contributed by atoms with Crippen molar-refractivity contribution in [1.29, 1.82) is 0 Å². The van der Waals surface area contributed by atoms with Gasteiger partial charge in [-0.15, -0.1) is 0 Å². The smallest absolute Gasteiger partial charge is 0.330 e. The first-order valence-corrected chi connectivity index (χ1v) is 9.35. The van der Waals surface area contributed by atoms with E-state index in [1.165, 1.54) is 9.13 Å². The molecular weight excluding hydrogens is 363 g/mol. The van der Waals surface area contributed by atoms with Crippen molar-refractivity contribution in [2.75, 3.05) is 25.0 Å². The molecule has 2 atom stereocenters. The number of hydrogen-bond acceptors (Lipinski definition) is 6. The molecule has 0 amide bonds. The molecule has 2 aliphatic heterocycles. The summed E-state index contributed by atoms with van der Waals surface area (Å²) < 4.78 is 22.8. The Morgan fingerprint density at radius 2 is 2.21 bits per heavy atom. The number of fused-ring (bicyclic) bond motifs is 2. The first kappa shape index (κ1) is 17.2. The van der Waals surface area contributed by atoms with Crippen LogP contribution < -0.4 is 21.1 Å². The number of rotatable bonds is 3. The van der Waals surface area contributed by atoms with Crippen LogP contribution in [0.1, 0.15) is 17.2 Å². The Labute approximate surface area is 160 Å². The van der Waals surface area contributed by atoms with E-state index in [4.69, 9.17) is 4.74 Å². The zero-order valence-electron chi connectivity index (χ0n) is 15.7. The molecule has 0 spiro atoms. The number of alkyl halides is 1. The van der Waals surface area contributed by atoms with E-state index in [0.29, 0.717) is 30.3 Å². The standard InChI is InChI=1S/C19H21FN6O2/c1-10-5-16-11(3-4-28-16)6-13(10)23-18-22-9-15-17(24-18)26(19(27)25(15)2)14-8-21-7-12(14)20/h5-6,9,12,14,21H,3-4,7-8H2,1-2H3,(H,22,23,24). The number of benzene rings is 1. The lowest BCUT2D eigenvalue weighted by Crippen LogP contribution is -2.30. The van der Waals surface area contributed by atoms with E-state index >= 15 is 0 Å². The van der Waals surface area contributed by atoms with E-state index in [1.807, 2.05) is 19.1 Å². The number of imidazole rings is 1. The monoisotopic (exact) mass is 384 g/mol. The van der Waals surface area contributed by atoms with Gasteiger partial charge in [-0.3, -0.25) is 9.13 Å². The van der Waals surface area contributed by atoms with Crippen molar-refractivity contribution < 1.29 is 9.13 Å². The van der Waals surface area contributed by atoms with Crippen molar-refractivity contribution in [2.24, 2.45) is 7.05 Å². The summed E-state index contributed by atoms with van der Waals surface area (Å²) in [5, 5.41) is 6.23. The van der Waals surface area contributed by atoms with Crippen LogP contribution in [-0.4, -0.2) is 45.0 Å². The van der Waals surface area contributed by atoms with Gasteiger partial charge in [-0.25, -0.2) is 14.2 Å². The SMILES string of the molecule is Cc1cc2c(cc1Nc1ncc3c(n1)n(C1CNCC1F)c(=O)n3C)CCO2. The van der Waals surface area contributed by atoms with Crippen LogP contribution >= 0.6 is 0 Å². The number of aryl methyl sites for hydroxylation is 2. The topological polar surface area (TPSA) is 86.0 Å². The minimum absolute atomic E-state index is 0.236. The normalized spacial score (nSPS) is 21.1. The van der Waals surface area contributed by atoms with Gasteiger partial charge >= 0.3 is 5.69 Å². The van der Waals surface area contributed by atoms with Crippen LogP contribution in [0.5, 0.6) is 5.75 Å². The summed E-state index contributed by atoms with van der Waals surface area (Å²) in [6.45, 7) is 3.31. The number of nitrogens with one attached hydrogen (secondary N) is 2. The lowest BCUT2D eigenvalue weighted by Gasteiger charge is -2.14. The summed E-state index contributed by atoms with van der Waals surface area (Å²) in [4.78, 5) is 21.6. The van der Waals surface area contributed by atoms with Crippen LogP contribution in [0.15, 0.2) is 23.1 Å². The van der Waals surface area contributed by atoms with Crippen molar-refractivity contribution in [3.8, 4) is 5.75 Å². The third kappa shape index (κ3) is 2.57. The Morgan fingerprint density at radius 3 is 3.00 bits per heavy atom. The molecule has 0 saturated carbocycles. The first-order chi connectivity index (χ1) is 13.5. The molecule has 0 bridgehead atoms. The molecule has 3 aromatic rings. The minimum Gasteiger partial charge on any atom is -0.493 e. The van der Waals surface area contributed by atoms with E-state index < -0.39 is 12.2 Å². The lowest BCUT2D eigenvalue weighted by molar-refractivity contribution is 0.282. The highest BCUT2D eigenvalue weighted by Gasteiger charge is 2.32. The molecule has 0 radical (unpaired) electrons. The van der Waals surface area contributed by atoms with Crippen molar-refractivity contribution in [3.05, 3.63) is 39.9 Å². The highest BCUT2D eigenvalue weighted by molar-refractivity contribution is 5.73. The Bertz CT molecular complexity index is 1140. The zero-order chi connectivity index (χ0) is 19.4. The van der Waals surface area contributed by atoms with Crippen LogP contribution in [-0.2, 0) is 13.5 Å². The molecule has 2 aliphatic rings. The summed E-state index contributed by atoms with van der Waals surface area (Å²) in [5.74, 6) is 1.29. The van der Waals surface area contributed by atoms with Gasteiger partial charge in [0.15, 0.2) is 5.65 Å². The zero-order valence-corrected chi connectivity index (χ0v) is 15.7. The summed E-state index contributed by atoms with van der Waals surface area (Å²) in [6, 6.07) is 3.47. The fraction of sp³-hybridized carbons (Fsp3) is 0.421. The highest BCUT2D eigenvalue weighted by atomic mass is 19.1. The molecule has 4 heterocycles. The van der Waals surface area contributed by atoms with Gasteiger partial charge in [-0.2, -0.15) is 4.98 Å². The van der Waals surface area contributed by atoms with E-state index in [9.17, 15) is 9.18 Å². The van der Waals surface area contributed by atoms with Gasteiger partial charge in [-0.1, -0.05) is 0 Å². The third-order valence-electron chi connectivity index (χ3n) is 5.56. The van der Waals surface area contributed by atoms with E-state index in [1.54, 1.807) is 13.2 Å². The van der Waals surface area contributed by atoms with Crippen LogP contribution in [0, 0.1) is 6.92 Å². The molecule has 2 aromatic heterocycles. The second-order valence-corrected chi connectivity index (χ2v) is 7.35. The van der Waals surface area contributed by atoms with E-state index in [0.717, 1.165) is 29.0 Å². The molecule has 0 aliphatic carbocycles. The first-order valence-electron chi connectivity index (χ1n) is 9.35. The maximum absolute atomic E-state index is 14.3. The summed E-state index contributed by atoms with van der Waals surface area (Å²) in [6.07, 6.45) is 1.34. The molecule has 28 heavy (non-hydrogen) atoms. The summed E-state index contributed by atoms with van der Waals surface area (Å²) in [7, 11) is 1.65. The predicted molar refractivity (Wildman–Crippen MR) is 103 cm³/mol. The molecule has 9 heteroatoms. The Kier molecular flexibility index (Phi) is 3.87. The van der Waals surface area contributed by atoms with Gasteiger partial charge < -0.3 is 15.4 Å². The molecule has 1 fully saturated rings. The number of nitrogens with zero attached hydrogens (tertiary/aromatic N) is 4. The molecular formula is C19H21FN6O2. The molecule has 5 rings (SSSR count). The van der Waals surface area contributed by atoms with Gasteiger partial charge in [0.25, 0.3) is 0 Å². The minimum atomic E-state index is -1.13. The van der Waals surface area contributed by atoms with Crippen LogP contribution in [0.3, 0.4) is 0 Å². The van der Waals surface area contributed by atoms with Crippen LogP contribution in [0.2, 0.25) is 0 Å². The largest absolute Gasteiger partial charge is 0.493 e. The van der Waals surface area contributed by atoms with Gasteiger partial charge in [-0.05, 0) is 30.2 Å². The number of anilines is 2. The summed E-state index contributed by atoms with van der Waals surface area (Å²) in [5.41, 5.74) is 3.77.